The zero-order valence-corrected chi connectivity index (χ0v) is 32.5. The van der Waals surface area contributed by atoms with Crippen LogP contribution in [0.1, 0.15) is 0 Å². The molecule has 0 spiro atoms. The van der Waals surface area contributed by atoms with Gasteiger partial charge in [-0.1, -0.05) is 158 Å². The Morgan fingerprint density at radius 2 is 0.930 bits per heavy atom. The third kappa shape index (κ3) is 5.98. The zero-order chi connectivity index (χ0) is 37.7. The average molecular weight is 763 g/mol. The highest BCUT2D eigenvalue weighted by Crippen LogP contribution is 2.45. The van der Waals surface area contributed by atoms with E-state index in [1.807, 2.05) is 11.3 Å². The number of fused-ring (bicyclic) bond motifs is 6. The van der Waals surface area contributed by atoms with E-state index >= 15 is 0 Å². The molecule has 11 aromatic rings. The first-order valence-electron chi connectivity index (χ1n) is 19.2. The number of thiophene rings is 1. The van der Waals surface area contributed by atoms with Crippen LogP contribution in [0.2, 0.25) is 0 Å². The Balaban J connectivity index is 0.998. The van der Waals surface area contributed by atoms with Crippen molar-refractivity contribution in [1.29, 1.82) is 0 Å². The van der Waals surface area contributed by atoms with Crippen molar-refractivity contribution in [2.24, 2.45) is 0 Å². The molecule has 0 aliphatic heterocycles. The monoisotopic (exact) mass is 762 g/mol. The van der Waals surface area contributed by atoms with E-state index < -0.39 is 0 Å². The normalized spacial score (nSPS) is 11.5. The Hall–Kier alpha value is -6.85. The van der Waals surface area contributed by atoms with Crippen LogP contribution in [0.25, 0.3) is 85.1 Å². The van der Waals surface area contributed by atoms with Crippen molar-refractivity contribution >= 4 is 80.9 Å². The van der Waals surface area contributed by atoms with E-state index in [1.165, 1.54) is 69.0 Å². The summed E-state index contributed by atoms with van der Waals surface area (Å²) in [4.78, 5) is 7.42. The topological polar surface area (TPSA) is 16.1 Å². The largest absolute Gasteiger partial charge is 0.310 e. The van der Waals surface area contributed by atoms with Crippen molar-refractivity contribution in [1.82, 2.24) is 4.98 Å². The molecule has 9 aromatic carbocycles. The van der Waals surface area contributed by atoms with Gasteiger partial charge in [-0.2, -0.15) is 0 Å². The molecular weight excluding hydrogens is 729 g/mol. The number of aromatic nitrogens is 1. The predicted octanol–water partition coefficient (Wildman–Crippen LogP) is 16.0. The standard InChI is InChI=1S/C53H34N2S2/c1-4-12-35(13-5-1)36-20-25-41(26-21-36)55(48-32-30-43(38-14-6-2-7-15-38)44-18-10-11-19-45(44)48)42-27-22-37(23-28-42)40-24-29-46-50(34-40)56-49-33-31-47-52(51(46)49)57-53(54-47)39-16-8-3-9-17-39/h1-34H. The van der Waals surface area contributed by atoms with Crippen LogP contribution in [-0.4, -0.2) is 4.98 Å². The molecule has 0 saturated heterocycles. The fourth-order valence-electron chi connectivity index (χ4n) is 8.14. The molecule has 2 aromatic heterocycles. The Morgan fingerprint density at radius 3 is 1.61 bits per heavy atom. The van der Waals surface area contributed by atoms with E-state index in [0.717, 1.165) is 33.1 Å². The van der Waals surface area contributed by atoms with E-state index in [-0.39, 0.29) is 0 Å². The molecule has 0 bridgehead atoms. The molecule has 11 rings (SSSR count). The van der Waals surface area contributed by atoms with Gasteiger partial charge in [0, 0.05) is 42.5 Å². The van der Waals surface area contributed by atoms with Gasteiger partial charge in [0.15, 0.2) is 0 Å². The summed E-state index contributed by atoms with van der Waals surface area (Å²) in [6, 6.07) is 74.5. The van der Waals surface area contributed by atoms with Gasteiger partial charge in [0.1, 0.15) is 5.01 Å². The second-order valence-electron chi connectivity index (χ2n) is 14.3. The summed E-state index contributed by atoms with van der Waals surface area (Å²) in [5, 5.41) is 6.10. The fourth-order valence-corrected chi connectivity index (χ4v) is 10.5. The van der Waals surface area contributed by atoms with Gasteiger partial charge < -0.3 is 4.90 Å². The van der Waals surface area contributed by atoms with Crippen LogP contribution in [0.4, 0.5) is 17.1 Å². The van der Waals surface area contributed by atoms with Gasteiger partial charge in [-0.3, -0.25) is 0 Å². The maximum Gasteiger partial charge on any atom is 0.124 e. The quantitative estimate of drug-likeness (QED) is 0.161. The molecule has 0 radical (unpaired) electrons. The summed E-state index contributed by atoms with van der Waals surface area (Å²) in [6.07, 6.45) is 0. The highest BCUT2D eigenvalue weighted by molar-refractivity contribution is 7.28. The molecular formula is C53H34N2S2. The van der Waals surface area contributed by atoms with E-state index in [9.17, 15) is 0 Å². The molecule has 57 heavy (non-hydrogen) atoms. The Kier molecular flexibility index (Phi) is 8.24. The van der Waals surface area contributed by atoms with Crippen LogP contribution in [0.5, 0.6) is 0 Å². The third-order valence-corrected chi connectivity index (χ3v) is 13.2. The lowest BCUT2D eigenvalue weighted by molar-refractivity contribution is 1.30. The minimum atomic E-state index is 1.06. The number of benzene rings is 9. The maximum absolute atomic E-state index is 5.02. The summed E-state index contributed by atoms with van der Waals surface area (Å²) in [6.45, 7) is 0. The van der Waals surface area contributed by atoms with Crippen molar-refractivity contribution in [2.45, 2.75) is 0 Å². The molecule has 2 nitrogen and oxygen atoms in total. The minimum Gasteiger partial charge on any atom is -0.310 e. The molecule has 0 unspecified atom stereocenters. The lowest BCUT2D eigenvalue weighted by atomic mass is 9.96. The summed E-state index contributed by atoms with van der Waals surface area (Å²) >= 11 is 3.65. The minimum absolute atomic E-state index is 1.06. The lowest BCUT2D eigenvalue weighted by Crippen LogP contribution is -2.10. The summed E-state index contributed by atoms with van der Waals surface area (Å²) in [5.41, 5.74) is 12.8. The van der Waals surface area contributed by atoms with Gasteiger partial charge in [-0.25, -0.2) is 4.98 Å². The lowest BCUT2D eigenvalue weighted by Gasteiger charge is -2.28. The molecule has 0 aliphatic carbocycles. The van der Waals surface area contributed by atoms with Crippen LogP contribution in [0, 0.1) is 0 Å². The summed E-state index contributed by atoms with van der Waals surface area (Å²) < 4.78 is 3.85. The first kappa shape index (κ1) is 33.5. The van der Waals surface area contributed by atoms with Crippen LogP contribution < -0.4 is 4.90 Å². The molecule has 0 N–H and O–H groups in total. The van der Waals surface area contributed by atoms with E-state index in [2.05, 4.69) is 211 Å². The smallest absolute Gasteiger partial charge is 0.124 e. The highest BCUT2D eigenvalue weighted by atomic mass is 32.1. The first-order chi connectivity index (χ1) is 28.2. The van der Waals surface area contributed by atoms with Gasteiger partial charge in [0.05, 0.1) is 15.9 Å². The number of rotatable bonds is 7. The van der Waals surface area contributed by atoms with Gasteiger partial charge >= 0.3 is 0 Å². The predicted molar refractivity (Wildman–Crippen MR) is 246 cm³/mol. The molecule has 0 amide bonds. The second kappa shape index (κ2) is 14.0. The second-order valence-corrected chi connectivity index (χ2v) is 16.4. The molecule has 0 atom stereocenters. The maximum atomic E-state index is 5.02. The SMILES string of the molecule is c1ccc(-c2ccc(N(c3ccc(-c4ccc5c(c4)sc4ccc6nc(-c7ccccc7)sc6c45)cc3)c3ccc(-c4ccccc4)c4ccccc34)cc2)cc1. The number of thiazole rings is 1. The van der Waals surface area contributed by atoms with E-state index in [1.54, 1.807) is 11.3 Å². The summed E-state index contributed by atoms with van der Waals surface area (Å²) in [7, 11) is 0. The molecule has 0 fully saturated rings. The number of anilines is 3. The van der Waals surface area contributed by atoms with Gasteiger partial charge in [-0.15, -0.1) is 22.7 Å². The van der Waals surface area contributed by atoms with Crippen LogP contribution in [0.3, 0.4) is 0 Å². The fraction of sp³-hybridized carbons (Fsp3) is 0. The van der Waals surface area contributed by atoms with Gasteiger partial charge in [-0.05, 0) is 87.3 Å². The first-order valence-corrected chi connectivity index (χ1v) is 20.8. The van der Waals surface area contributed by atoms with E-state index in [4.69, 9.17) is 4.98 Å². The van der Waals surface area contributed by atoms with Crippen molar-refractivity contribution in [3.05, 3.63) is 206 Å². The number of nitrogens with zero attached hydrogens (tertiary/aromatic N) is 2. The summed E-state index contributed by atoms with van der Waals surface area (Å²) in [5.74, 6) is 0. The zero-order valence-electron chi connectivity index (χ0n) is 30.8. The average Bonchev–Trinajstić information content (AvgIpc) is 3.90. The Labute approximate surface area is 339 Å². The van der Waals surface area contributed by atoms with Crippen LogP contribution in [0.15, 0.2) is 206 Å². The van der Waals surface area contributed by atoms with Gasteiger partial charge in [0.25, 0.3) is 0 Å². The Morgan fingerprint density at radius 1 is 0.368 bits per heavy atom. The van der Waals surface area contributed by atoms with Crippen LogP contribution in [-0.2, 0) is 0 Å². The van der Waals surface area contributed by atoms with Crippen molar-refractivity contribution in [2.75, 3.05) is 4.90 Å². The van der Waals surface area contributed by atoms with Gasteiger partial charge in [0.2, 0.25) is 0 Å². The highest BCUT2D eigenvalue weighted by Gasteiger charge is 2.19. The number of hydrogen-bond donors (Lipinski definition) is 0. The molecule has 0 saturated carbocycles. The van der Waals surface area contributed by atoms with Crippen molar-refractivity contribution in [3.63, 3.8) is 0 Å². The molecule has 0 aliphatic rings. The van der Waals surface area contributed by atoms with Crippen molar-refractivity contribution in [3.8, 4) is 44.0 Å². The Bertz CT molecular complexity index is 3200. The van der Waals surface area contributed by atoms with E-state index in [0.29, 0.717) is 0 Å². The third-order valence-electron chi connectivity index (χ3n) is 10.9. The van der Waals surface area contributed by atoms with Crippen LogP contribution >= 0.6 is 22.7 Å². The molecule has 2 heterocycles. The number of hydrogen-bond acceptors (Lipinski definition) is 4. The molecule has 268 valence electrons. The molecule has 4 heteroatoms. The van der Waals surface area contributed by atoms with Crippen molar-refractivity contribution < 1.29 is 0 Å².